The molecule has 3 N–H and O–H groups in total. The number of rotatable bonds is 3. The lowest BCUT2D eigenvalue weighted by Gasteiger charge is -2.28. The molecule has 1 heterocycles. The van der Waals surface area contributed by atoms with Crippen LogP contribution in [-0.2, 0) is 17.8 Å². The van der Waals surface area contributed by atoms with Gasteiger partial charge in [0.25, 0.3) is 0 Å². The zero-order valence-electron chi connectivity index (χ0n) is 13.5. The van der Waals surface area contributed by atoms with Gasteiger partial charge in [-0.1, -0.05) is 37.5 Å². The minimum Gasteiger partial charge on any atom is -0.372 e. The van der Waals surface area contributed by atoms with E-state index < -0.39 is 6.23 Å². The van der Waals surface area contributed by atoms with E-state index in [1.807, 2.05) is 22.5 Å². The molecule has 1 aromatic carbocycles. The Morgan fingerprint density at radius 2 is 1.96 bits per heavy atom. The Morgan fingerprint density at radius 1 is 1.17 bits per heavy atom. The molecular weight excluding hydrogens is 292 g/mol. The van der Waals surface area contributed by atoms with E-state index in [2.05, 4.69) is 0 Å². The molecule has 0 aromatic heterocycles. The van der Waals surface area contributed by atoms with Gasteiger partial charge in [0.1, 0.15) is 0 Å². The van der Waals surface area contributed by atoms with E-state index in [1.54, 1.807) is 6.07 Å². The van der Waals surface area contributed by atoms with Gasteiger partial charge in [-0.25, -0.2) is 0 Å². The Kier molecular flexibility index (Phi) is 5.30. The Morgan fingerprint density at radius 3 is 2.70 bits per heavy atom. The standard InChI is InChI=1S/C18H26N2O3/c21-17(19-23)15-8-9-16-12-20(10-4-7-14(16)11-15)18(22)13-5-2-1-3-6-13/h8-9,11,13,17,19,21,23H,1-7,10,12H2. The Labute approximate surface area is 137 Å². The number of aliphatic hydroxyl groups excluding tert-OH is 1. The van der Waals surface area contributed by atoms with Gasteiger partial charge in [-0.2, -0.15) is 5.48 Å². The number of hydrogen-bond acceptors (Lipinski definition) is 4. The molecule has 126 valence electrons. The molecule has 5 nitrogen and oxygen atoms in total. The molecule has 0 saturated heterocycles. The number of nitrogens with zero attached hydrogens (tertiary/aromatic N) is 1. The molecule has 1 saturated carbocycles. The fourth-order valence-corrected chi connectivity index (χ4v) is 3.82. The number of hydroxylamine groups is 1. The maximum atomic E-state index is 12.8. The van der Waals surface area contributed by atoms with Crippen molar-refractivity contribution in [3.8, 4) is 0 Å². The first-order chi connectivity index (χ1) is 11.2. The summed E-state index contributed by atoms with van der Waals surface area (Å²) in [7, 11) is 0. The third-order valence-electron chi connectivity index (χ3n) is 5.17. The van der Waals surface area contributed by atoms with Gasteiger partial charge in [-0.05, 0) is 42.4 Å². The number of carbonyl (C=O) groups excluding carboxylic acids is 1. The van der Waals surface area contributed by atoms with Crippen molar-refractivity contribution >= 4 is 5.91 Å². The van der Waals surface area contributed by atoms with Crippen LogP contribution in [-0.4, -0.2) is 27.7 Å². The van der Waals surface area contributed by atoms with Crippen LogP contribution in [0.15, 0.2) is 18.2 Å². The summed E-state index contributed by atoms with van der Waals surface area (Å²) < 4.78 is 0. The third-order valence-corrected chi connectivity index (χ3v) is 5.17. The van der Waals surface area contributed by atoms with Crippen LogP contribution in [0.1, 0.15) is 61.4 Å². The molecule has 1 aliphatic carbocycles. The maximum Gasteiger partial charge on any atom is 0.225 e. The first kappa shape index (κ1) is 16.4. The van der Waals surface area contributed by atoms with Crippen molar-refractivity contribution in [1.82, 2.24) is 10.4 Å². The summed E-state index contributed by atoms with van der Waals surface area (Å²) in [6.45, 7) is 1.47. The van der Waals surface area contributed by atoms with Crippen LogP contribution in [0.5, 0.6) is 0 Å². The van der Waals surface area contributed by atoms with Crippen molar-refractivity contribution in [1.29, 1.82) is 0 Å². The summed E-state index contributed by atoms with van der Waals surface area (Å²) in [6, 6.07) is 5.71. The van der Waals surface area contributed by atoms with Crippen molar-refractivity contribution < 1.29 is 15.1 Å². The highest BCUT2D eigenvalue weighted by Crippen LogP contribution is 2.28. The number of aliphatic hydroxyl groups is 1. The molecular formula is C18H26N2O3. The molecule has 0 spiro atoms. The first-order valence-corrected chi connectivity index (χ1v) is 8.67. The van der Waals surface area contributed by atoms with Gasteiger partial charge >= 0.3 is 0 Å². The highest BCUT2D eigenvalue weighted by molar-refractivity contribution is 5.79. The van der Waals surface area contributed by atoms with Crippen molar-refractivity contribution in [3.05, 3.63) is 34.9 Å². The van der Waals surface area contributed by atoms with E-state index in [-0.39, 0.29) is 5.92 Å². The zero-order valence-corrected chi connectivity index (χ0v) is 13.5. The predicted molar refractivity (Wildman–Crippen MR) is 86.6 cm³/mol. The fourth-order valence-electron chi connectivity index (χ4n) is 3.82. The fraction of sp³-hybridized carbons (Fsp3) is 0.611. The number of hydrogen-bond donors (Lipinski definition) is 3. The summed E-state index contributed by atoms with van der Waals surface area (Å²) >= 11 is 0. The van der Waals surface area contributed by atoms with Crippen molar-refractivity contribution in [2.75, 3.05) is 6.54 Å². The lowest BCUT2D eigenvalue weighted by atomic mass is 9.88. The van der Waals surface area contributed by atoms with Crippen molar-refractivity contribution in [2.45, 2.75) is 57.7 Å². The molecule has 23 heavy (non-hydrogen) atoms. The normalized spacial score (nSPS) is 20.7. The number of benzene rings is 1. The topological polar surface area (TPSA) is 72.8 Å². The van der Waals surface area contributed by atoms with Gasteiger partial charge in [0.2, 0.25) is 5.91 Å². The number of amides is 1. The maximum absolute atomic E-state index is 12.8. The summed E-state index contributed by atoms with van der Waals surface area (Å²) in [5, 5.41) is 18.5. The minimum atomic E-state index is -1.07. The predicted octanol–water partition coefficient (Wildman–Crippen LogP) is 2.51. The van der Waals surface area contributed by atoms with Crippen LogP contribution in [0.2, 0.25) is 0 Å². The lowest BCUT2D eigenvalue weighted by Crippen LogP contribution is -2.36. The van der Waals surface area contributed by atoms with Gasteiger partial charge in [0.05, 0.1) is 0 Å². The molecule has 1 amide bonds. The quantitative estimate of drug-likeness (QED) is 0.591. The molecule has 1 aliphatic heterocycles. The van der Waals surface area contributed by atoms with Crippen molar-refractivity contribution in [2.24, 2.45) is 5.92 Å². The molecule has 1 unspecified atom stereocenters. The van der Waals surface area contributed by atoms with Gasteiger partial charge < -0.3 is 15.2 Å². The van der Waals surface area contributed by atoms with E-state index in [1.165, 1.54) is 19.3 Å². The van der Waals surface area contributed by atoms with Gasteiger partial charge in [0, 0.05) is 19.0 Å². The Hall–Kier alpha value is -1.43. The Balaban J connectivity index is 1.74. The number of carbonyl (C=O) groups is 1. The third kappa shape index (κ3) is 3.74. The highest BCUT2D eigenvalue weighted by Gasteiger charge is 2.27. The van der Waals surface area contributed by atoms with Crippen LogP contribution in [0.3, 0.4) is 0 Å². The second kappa shape index (κ2) is 7.43. The van der Waals surface area contributed by atoms with E-state index in [0.717, 1.165) is 43.4 Å². The molecule has 0 radical (unpaired) electrons. The SMILES string of the molecule is O=C(C1CCCCC1)N1CCCc2cc(C(O)NO)ccc2C1. The van der Waals surface area contributed by atoms with E-state index in [0.29, 0.717) is 18.0 Å². The molecule has 3 rings (SSSR count). The second-order valence-electron chi connectivity index (χ2n) is 6.76. The zero-order chi connectivity index (χ0) is 16.2. The molecule has 5 heteroatoms. The van der Waals surface area contributed by atoms with Crippen LogP contribution in [0.25, 0.3) is 0 Å². The van der Waals surface area contributed by atoms with Crippen LogP contribution < -0.4 is 5.48 Å². The van der Waals surface area contributed by atoms with Crippen LogP contribution >= 0.6 is 0 Å². The number of nitrogens with one attached hydrogen (secondary N) is 1. The van der Waals surface area contributed by atoms with E-state index in [9.17, 15) is 9.90 Å². The molecule has 0 bridgehead atoms. The molecule has 1 fully saturated rings. The van der Waals surface area contributed by atoms with Crippen LogP contribution in [0, 0.1) is 5.92 Å². The minimum absolute atomic E-state index is 0.213. The smallest absolute Gasteiger partial charge is 0.225 e. The van der Waals surface area contributed by atoms with Crippen molar-refractivity contribution in [3.63, 3.8) is 0 Å². The number of fused-ring (bicyclic) bond motifs is 1. The second-order valence-corrected chi connectivity index (χ2v) is 6.76. The Bertz CT molecular complexity index is 555. The molecule has 2 aliphatic rings. The average Bonchev–Trinajstić information content (AvgIpc) is 2.82. The molecule has 1 aromatic rings. The van der Waals surface area contributed by atoms with Crippen LogP contribution in [0.4, 0.5) is 0 Å². The summed E-state index contributed by atoms with van der Waals surface area (Å²) in [4.78, 5) is 14.8. The first-order valence-electron chi connectivity index (χ1n) is 8.67. The van der Waals surface area contributed by atoms with Gasteiger partial charge in [-0.15, -0.1) is 0 Å². The van der Waals surface area contributed by atoms with E-state index in [4.69, 9.17) is 5.21 Å². The summed E-state index contributed by atoms with van der Waals surface area (Å²) in [5.74, 6) is 0.531. The highest BCUT2D eigenvalue weighted by atomic mass is 16.5. The summed E-state index contributed by atoms with van der Waals surface area (Å²) in [5.41, 5.74) is 4.83. The average molecular weight is 318 g/mol. The van der Waals surface area contributed by atoms with Gasteiger partial charge in [-0.3, -0.25) is 4.79 Å². The largest absolute Gasteiger partial charge is 0.372 e. The molecule has 1 atom stereocenters. The summed E-state index contributed by atoms with van der Waals surface area (Å²) in [6.07, 6.45) is 6.46. The number of aryl methyl sites for hydroxylation is 1. The van der Waals surface area contributed by atoms with E-state index >= 15 is 0 Å². The lowest BCUT2D eigenvalue weighted by molar-refractivity contribution is -0.137. The van der Waals surface area contributed by atoms with Gasteiger partial charge in [0.15, 0.2) is 6.23 Å². The monoisotopic (exact) mass is 318 g/mol.